The summed E-state index contributed by atoms with van der Waals surface area (Å²) in [6, 6.07) is 13.9. The predicted molar refractivity (Wildman–Crippen MR) is 112 cm³/mol. The molecule has 3 nitrogen and oxygen atoms in total. The number of thiocarbonyl (C=S) groups is 1. The maximum absolute atomic E-state index is 13.4. The first kappa shape index (κ1) is 18.4. The Kier molecular flexibility index (Phi) is 5.54. The van der Waals surface area contributed by atoms with Gasteiger partial charge in [-0.15, -0.1) is 0 Å². The molecule has 1 saturated heterocycles. The van der Waals surface area contributed by atoms with Crippen LogP contribution in [-0.4, -0.2) is 24.3 Å². The summed E-state index contributed by atoms with van der Waals surface area (Å²) in [6.07, 6.45) is 5.48. The molecule has 0 bridgehead atoms. The number of anilines is 2. The number of rotatable bonds is 4. The van der Waals surface area contributed by atoms with E-state index in [4.69, 9.17) is 12.2 Å². The van der Waals surface area contributed by atoms with E-state index in [9.17, 15) is 9.18 Å². The molecule has 1 amide bonds. The van der Waals surface area contributed by atoms with Crippen LogP contribution in [0, 0.1) is 5.82 Å². The van der Waals surface area contributed by atoms with Crippen LogP contribution in [0.5, 0.6) is 0 Å². The van der Waals surface area contributed by atoms with Crippen LogP contribution in [0.3, 0.4) is 0 Å². The van der Waals surface area contributed by atoms with Gasteiger partial charge in [-0.25, -0.2) is 4.39 Å². The molecule has 0 radical (unpaired) electrons. The summed E-state index contributed by atoms with van der Waals surface area (Å²) in [7, 11) is 3.98. The van der Waals surface area contributed by atoms with E-state index in [-0.39, 0.29) is 5.91 Å². The first-order valence-corrected chi connectivity index (χ1v) is 9.16. The zero-order chi connectivity index (χ0) is 18.7. The molecular formula is C20H17FN2OS2. The lowest BCUT2D eigenvalue weighted by atomic mass is 10.2. The van der Waals surface area contributed by atoms with Crippen molar-refractivity contribution in [3.8, 4) is 0 Å². The van der Waals surface area contributed by atoms with Gasteiger partial charge in [0.05, 0.1) is 10.6 Å². The van der Waals surface area contributed by atoms with Crippen molar-refractivity contribution in [2.75, 3.05) is 23.9 Å². The Morgan fingerprint density at radius 2 is 1.88 bits per heavy atom. The number of carbonyl (C=O) groups is 1. The van der Waals surface area contributed by atoms with Crippen molar-refractivity contribution in [1.29, 1.82) is 0 Å². The first-order chi connectivity index (χ1) is 12.5. The fourth-order valence-corrected chi connectivity index (χ4v) is 3.70. The molecule has 3 rings (SSSR count). The smallest absolute Gasteiger partial charge is 0.270 e. The van der Waals surface area contributed by atoms with Crippen molar-refractivity contribution in [2.24, 2.45) is 0 Å². The van der Waals surface area contributed by atoms with Crippen LogP contribution >= 0.6 is 24.0 Å². The predicted octanol–water partition coefficient (Wildman–Crippen LogP) is 4.85. The summed E-state index contributed by atoms with van der Waals surface area (Å²) >= 11 is 6.49. The number of thioether (sulfide) groups is 1. The second kappa shape index (κ2) is 7.85. The average Bonchev–Trinajstić information content (AvgIpc) is 2.89. The van der Waals surface area contributed by atoms with Gasteiger partial charge in [0.25, 0.3) is 5.91 Å². The highest BCUT2D eigenvalue weighted by Gasteiger charge is 2.32. The maximum Gasteiger partial charge on any atom is 0.270 e. The summed E-state index contributed by atoms with van der Waals surface area (Å²) in [5.74, 6) is -0.639. The van der Waals surface area contributed by atoms with Crippen molar-refractivity contribution in [3.05, 3.63) is 77.0 Å². The molecule has 1 aliphatic rings. The number of amides is 1. The molecule has 0 N–H and O–H groups in total. The van der Waals surface area contributed by atoms with E-state index >= 15 is 0 Å². The molecule has 1 fully saturated rings. The number of benzene rings is 2. The quantitative estimate of drug-likeness (QED) is 0.555. The third-order valence-electron chi connectivity index (χ3n) is 3.81. The maximum atomic E-state index is 13.4. The normalized spacial score (nSPS) is 16.1. The molecule has 6 heteroatoms. The fourth-order valence-electron chi connectivity index (χ4n) is 2.45. The van der Waals surface area contributed by atoms with E-state index < -0.39 is 5.82 Å². The lowest BCUT2D eigenvalue weighted by molar-refractivity contribution is -0.113. The Morgan fingerprint density at radius 3 is 2.54 bits per heavy atom. The van der Waals surface area contributed by atoms with Crippen molar-refractivity contribution in [1.82, 2.24) is 0 Å². The first-order valence-electron chi connectivity index (χ1n) is 7.93. The molecule has 0 aliphatic carbocycles. The Balaban J connectivity index is 1.75. The van der Waals surface area contributed by atoms with E-state index in [0.717, 1.165) is 11.3 Å². The number of halogens is 1. The lowest BCUT2D eigenvalue weighted by Crippen LogP contribution is -2.27. The van der Waals surface area contributed by atoms with Gasteiger partial charge in [0.2, 0.25) is 0 Å². The highest BCUT2D eigenvalue weighted by molar-refractivity contribution is 8.27. The molecule has 0 saturated carbocycles. The molecule has 1 heterocycles. The highest BCUT2D eigenvalue weighted by atomic mass is 32.2. The monoisotopic (exact) mass is 384 g/mol. The van der Waals surface area contributed by atoms with Gasteiger partial charge in [0.1, 0.15) is 5.82 Å². The van der Waals surface area contributed by atoms with Gasteiger partial charge < -0.3 is 4.90 Å². The third kappa shape index (κ3) is 4.03. The number of carbonyl (C=O) groups excluding carboxylic acids is 1. The standard InChI is InChI=1S/C20H17FN2OS2/c1-22(2)16-11-9-14(10-12-16)5-3-8-18-19(24)23(20(25)26-18)17-7-4-6-15(21)13-17/h3-13H,1-2H3/b5-3+,18-8-. The van der Waals surface area contributed by atoms with Crippen molar-refractivity contribution in [2.45, 2.75) is 0 Å². The van der Waals surface area contributed by atoms with Gasteiger partial charge in [-0.1, -0.05) is 54.3 Å². The molecular weight excluding hydrogens is 367 g/mol. The second-order valence-electron chi connectivity index (χ2n) is 5.86. The Hall–Kier alpha value is -2.44. The van der Waals surface area contributed by atoms with Crippen molar-refractivity contribution in [3.63, 3.8) is 0 Å². The van der Waals surface area contributed by atoms with Crippen LogP contribution in [0.15, 0.2) is 65.6 Å². The van der Waals surface area contributed by atoms with Crippen molar-refractivity contribution < 1.29 is 9.18 Å². The zero-order valence-corrected chi connectivity index (χ0v) is 16.0. The molecule has 26 heavy (non-hydrogen) atoms. The van der Waals surface area contributed by atoms with Gasteiger partial charge in [-0.05, 0) is 42.0 Å². The van der Waals surface area contributed by atoms with Crippen LogP contribution in [0.2, 0.25) is 0 Å². The van der Waals surface area contributed by atoms with E-state index in [0.29, 0.717) is 14.9 Å². The minimum atomic E-state index is -0.401. The summed E-state index contributed by atoms with van der Waals surface area (Å²) in [6.45, 7) is 0. The van der Waals surface area contributed by atoms with Crippen LogP contribution in [0.1, 0.15) is 5.56 Å². The molecule has 0 atom stereocenters. The van der Waals surface area contributed by atoms with Crippen LogP contribution < -0.4 is 9.80 Å². The average molecular weight is 385 g/mol. The molecule has 2 aromatic rings. The van der Waals surface area contributed by atoms with Gasteiger partial charge >= 0.3 is 0 Å². The molecule has 132 valence electrons. The number of nitrogens with zero attached hydrogens (tertiary/aromatic N) is 2. The van der Waals surface area contributed by atoms with E-state index in [1.165, 1.54) is 28.8 Å². The molecule has 2 aromatic carbocycles. The van der Waals surface area contributed by atoms with E-state index in [1.807, 2.05) is 55.4 Å². The summed E-state index contributed by atoms with van der Waals surface area (Å²) < 4.78 is 13.8. The SMILES string of the molecule is CN(C)c1ccc(/C=C/C=C2\SC(=S)N(c3cccc(F)c3)C2=O)cc1. The van der Waals surface area contributed by atoms with E-state index in [1.54, 1.807) is 18.2 Å². The summed E-state index contributed by atoms with van der Waals surface area (Å²) in [4.78, 5) is 16.5. The summed E-state index contributed by atoms with van der Waals surface area (Å²) in [5, 5.41) is 0. The molecule has 0 spiro atoms. The largest absolute Gasteiger partial charge is 0.378 e. The van der Waals surface area contributed by atoms with E-state index in [2.05, 4.69) is 0 Å². The van der Waals surface area contributed by atoms with Gasteiger partial charge in [-0.3, -0.25) is 9.69 Å². The van der Waals surface area contributed by atoms with Crippen LogP contribution in [0.4, 0.5) is 15.8 Å². The van der Waals surface area contributed by atoms with Gasteiger partial charge in [-0.2, -0.15) is 0 Å². The number of hydrogen-bond acceptors (Lipinski definition) is 4. The Bertz CT molecular complexity index is 904. The number of hydrogen-bond donors (Lipinski definition) is 0. The highest BCUT2D eigenvalue weighted by Crippen LogP contribution is 2.35. The fraction of sp³-hybridized carbons (Fsp3) is 0.100. The third-order valence-corrected chi connectivity index (χ3v) is 5.13. The minimum absolute atomic E-state index is 0.238. The van der Waals surface area contributed by atoms with Crippen LogP contribution in [-0.2, 0) is 4.79 Å². The lowest BCUT2D eigenvalue weighted by Gasteiger charge is -2.14. The molecule has 0 aromatic heterocycles. The van der Waals surface area contributed by atoms with Gasteiger partial charge in [0, 0.05) is 19.8 Å². The minimum Gasteiger partial charge on any atom is -0.378 e. The van der Waals surface area contributed by atoms with Crippen LogP contribution in [0.25, 0.3) is 6.08 Å². The topological polar surface area (TPSA) is 23.6 Å². The van der Waals surface area contributed by atoms with Gasteiger partial charge in [0.15, 0.2) is 4.32 Å². The Morgan fingerprint density at radius 1 is 1.15 bits per heavy atom. The number of allylic oxidation sites excluding steroid dienone is 2. The van der Waals surface area contributed by atoms with Crippen molar-refractivity contribution >= 4 is 51.7 Å². The summed E-state index contributed by atoms with van der Waals surface area (Å²) in [5.41, 5.74) is 2.60. The molecule has 1 aliphatic heterocycles. The Labute approximate surface area is 161 Å². The second-order valence-corrected chi connectivity index (χ2v) is 7.54. The zero-order valence-electron chi connectivity index (χ0n) is 14.3. The molecule has 0 unspecified atom stereocenters.